The number of carbonyl (C=O) groups excluding carboxylic acids is 1. The molecule has 0 atom stereocenters. The molecule has 0 heterocycles. The number of esters is 1. The number of rotatable bonds is 5. The van der Waals surface area contributed by atoms with E-state index in [1.807, 2.05) is 22.6 Å². The van der Waals surface area contributed by atoms with E-state index in [1.165, 1.54) is 6.08 Å². The maximum absolute atomic E-state index is 11.5. The van der Waals surface area contributed by atoms with Crippen LogP contribution in [0, 0.1) is 14.9 Å². The number of phenols is 1. The highest BCUT2D eigenvalue weighted by atomic mass is 127. The number of carbonyl (C=O) groups is 1. The largest absolute Gasteiger partial charge is 0.504 e. The molecule has 0 aliphatic carbocycles. The van der Waals surface area contributed by atoms with Gasteiger partial charge in [0, 0.05) is 0 Å². The van der Waals surface area contributed by atoms with Crippen molar-refractivity contribution in [3.63, 3.8) is 0 Å². The van der Waals surface area contributed by atoms with Gasteiger partial charge in [-0.05, 0) is 60.2 Å². The van der Waals surface area contributed by atoms with Crippen LogP contribution in [-0.4, -0.2) is 24.3 Å². The fourth-order valence-corrected chi connectivity index (χ4v) is 2.08. The lowest BCUT2D eigenvalue weighted by Crippen LogP contribution is -2.06. The fourth-order valence-electron chi connectivity index (χ4n) is 1.45. The Hall–Kier alpha value is -1.75. The zero-order chi connectivity index (χ0) is 15.1. The molecule has 6 heteroatoms. The van der Waals surface area contributed by atoms with E-state index >= 15 is 0 Å². The Labute approximate surface area is 130 Å². The van der Waals surface area contributed by atoms with E-state index in [2.05, 4.69) is 0 Å². The molecule has 20 heavy (non-hydrogen) atoms. The Morgan fingerprint density at radius 1 is 1.45 bits per heavy atom. The Bertz CT molecular complexity index is 575. The number of halogens is 1. The summed E-state index contributed by atoms with van der Waals surface area (Å²) in [5, 5.41) is 18.8. The lowest BCUT2D eigenvalue weighted by atomic mass is 10.1. The summed E-state index contributed by atoms with van der Waals surface area (Å²) in [7, 11) is 0. The summed E-state index contributed by atoms with van der Waals surface area (Å²) in [6, 6.07) is 5.02. The van der Waals surface area contributed by atoms with Gasteiger partial charge >= 0.3 is 5.97 Å². The first-order valence-corrected chi connectivity index (χ1v) is 7.05. The molecule has 0 unspecified atom stereocenters. The van der Waals surface area contributed by atoms with E-state index < -0.39 is 5.97 Å². The summed E-state index contributed by atoms with van der Waals surface area (Å²) in [5.41, 5.74) is 0.482. The molecular formula is C14H14INO4. The Morgan fingerprint density at radius 2 is 2.15 bits per heavy atom. The van der Waals surface area contributed by atoms with Gasteiger partial charge in [0.25, 0.3) is 0 Å². The average molecular weight is 387 g/mol. The first-order valence-electron chi connectivity index (χ1n) is 5.97. The molecule has 0 amide bonds. The van der Waals surface area contributed by atoms with Gasteiger partial charge in [0.15, 0.2) is 11.5 Å². The predicted octanol–water partition coefficient (Wildman–Crippen LogP) is 2.87. The topological polar surface area (TPSA) is 79.6 Å². The van der Waals surface area contributed by atoms with Crippen molar-refractivity contribution in [1.82, 2.24) is 0 Å². The number of nitriles is 1. The third kappa shape index (κ3) is 4.13. The molecule has 1 aromatic rings. The van der Waals surface area contributed by atoms with Crippen molar-refractivity contribution in [2.45, 2.75) is 13.8 Å². The Balaban J connectivity index is 3.19. The van der Waals surface area contributed by atoms with Gasteiger partial charge < -0.3 is 14.6 Å². The third-order valence-electron chi connectivity index (χ3n) is 2.28. The molecule has 0 saturated heterocycles. The van der Waals surface area contributed by atoms with Gasteiger partial charge in [-0.15, -0.1) is 0 Å². The molecule has 0 saturated carbocycles. The number of benzene rings is 1. The van der Waals surface area contributed by atoms with Crippen LogP contribution in [0.2, 0.25) is 0 Å². The van der Waals surface area contributed by atoms with Crippen LogP contribution in [-0.2, 0) is 9.53 Å². The summed E-state index contributed by atoms with van der Waals surface area (Å²) < 4.78 is 10.7. The maximum atomic E-state index is 11.5. The monoisotopic (exact) mass is 387 g/mol. The normalized spacial score (nSPS) is 10.8. The molecule has 0 bridgehead atoms. The summed E-state index contributed by atoms with van der Waals surface area (Å²) in [6.45, 7) is 4.08. The van der Waals surface area contributed by atoms with Crippen molar-refractivity contribution < 1.29 is 19.4 Å². The molecule has 106 valence electrons. The summed E-state index contributed by atoms with van der Waals surface area (Å²) in [4.78, 5) is 11.5. The van der Waals surface area contributed by atoms with Crippen molar-refractivity contribution in [3.05, 3.63) is 26.8 Å². The second-order valence-electron chi connectivity index (χ2n) is 3.67. The van der Waals surface area contributed by atoms with Crippen molar-refractivity contribution in [2.24, 2.45) is 0 Å². The predicted molar refractivity (Wildman–Crippen MR) is 82.2 cm³/mol. The number of ether oxygens (including phenoxy) is 2. The van der Waals surface area contributed by atoms with Gasteiger partial charge in [-0.25, -0.2) is 4.79 Å². The molecule has 0 spiro atoms. The van der Waals surface area contributed by atoms with Crippen molar-refractivity contribution in [3.8, 4) is 17.6 Å². The smallest absolute Gasteiger partial charge is 0.348 e. The second-order valence-corrected chi connectivity index (χ2v) is 4.83. The highest BCUT2D eigenvalue weighted by Gasteiger charge is 2.12. The van der Waals surface area contributed by atoms with Gasteiger partial charge in [-0.1, -0.05) is 0 Å². The van der Waals surface area contributed by atoms with Gasteiger partial charge in [-0.2, -0.15) is 5.26 Å². The summed E-state index contributed by atoms with van der Waals surface area (Å²) >= 11 is 1.95. The third-order valence-corrected chi connectivity index (χ3v) is 3.10. The lowest BCUT2D eigenvalue weighted by molar-refractivity contribution is -0.137. The minimum absolute atomic E-state index is 0.0410. The summed E-state index contributed by atoms with van der Waals surface area (Å²) in [6.07, 6.45) is 1.40. The first kappa shape index (κ1) is 16.3. The first-order chi connectivity index (χ1) is 9.53. The summed E-state index contributed by atoms with van der Waals surface area (Å²) in [5.74, 6) is -0.318. The Kier molecular flexibility index (Phi) is 6.31. The van der Waals surface area contributed by atoms with E-state index in [0.717, 1.165) is 0 Å². The molecule has 0 aliphatic heterocycles. The van der Waals surface area contributed by atoms with Crippen LogP contribution >= 0.6 is 22.6 Å². The number of hydrogen-bond donors (Lipinski definition) is 1. The second kappa shape index (κ2) is 7.75. The molecular weight excluding hydrogens is 373 g/mol. The minimum atomic E-state index is -0.670. The van der Waals surface area contributed by atoms with Crippen molar-refractivity contribution in [1.29, 1.82) is 5.26 Å². The van der Waals surface area contributed by atoms with Crippen LogP contribution in [0.25, 0.3) is 6.08 Å². The highest BCUT2D eigenvalue weighted by molar-refractivity contribution is 14.1. The van der Waals surface area contributed by atoms with Crippen LogP contribution in [0.5, 0.6) is 11.5 Å². The molecule has 0 aromatic heterocycles. The molecule has 0 fully saturated rings. The SMILES string of the molecule is CCOC(=O)/C(C#N)=C/c1cc(I)c(O)c(OCC)c1. The van der Waals surface area contributed by atoms with Gasteiger partial charge in [0.1, 0.15) is 11.6 Å². The number of nitrogens with zero attached hydrogens (tertiary/aromatic N) is 1. The quantitative estimate of drug-likeness (QED) is 0.364. The van der Waals surface area contributed by atoms with E-state index in [-0.39, 0.29) is 17.9 Å². The van der Waals surface area contributed by atoms with Crippen LogP contribution < -0.4 is 4.74 Å². The fraction of sp³-hybridized carbons (Fsp3) is 0.286. The van der Waals surface area contributed by atoms with E-state index in [9.17, 15) is 9.90 Å². The van der Waals surface area contributed by atoms with Crippen LogP contribution in [0.4, 0.5) is 0 Å². The lowest BCUT2D eigenvalue weighted by Gasteiger charge is -2.09. The highest BCUT2D eigenvalue weighted by Crippen LogP contribution is 2.33. The molecule has 1 N–H and O–H groups in total. The number of hydrogen-bond acceptors (Lipinski definition) is 5. The zero-order valence-corrected chi connectivity index (χ0v) is 13.3. The van der Waals surface area contributed by atoms with Gasteiger partial charge in [-0.3, -0.25) is 0 Å². The van der Waals surface area contributed by atoms with E-state index in [1.54, 1.807) is 32.0 Å². The van der Waals surface area contributed by atoms with Crippen LogP contribution in [0.1, 0.15) is 19.4 Å². The minimum Gasteiger partial charge on any atom is -0.504 e. The van der Waals surface area contributed by atoms with Gasteiger partial charge in [0.2, 0.25) is 0 Å². The number of phenolic OH excluding ortho intramolecular Hbond substituents is 1. The van der Waals surface area contributed by atoms with E-state index in [0.29, 0.717) is 21.5 Å². The van der Waals surface area contributed by atoms with E-state index in [4.69, 9.17) is 14.7 Å². The maximum Gasteiger partial charge on any atom is 0.348 e. The van der Waals surface area contributed by atoms with Crippen LogP contribution in [0.3, 0.4) is 0 Å². The standard InChI is InChI=1S/C14H14INO4/c1-3-19-12-7-9(6-11(15)13(12)17)5-10(8-16)14(18)20-4-2/h5-7,17H,3-4H2,1-2H3/b10-5+. The van der Waals surface area contributed by atoms with Crippen molar-refractivity contribution >= 4 is 34.6 Å². The average Bonchev–Trinajstić information content (AvgIpc) is 2.42. The van der Waals surface area contributed by atoms with Crippen LogP contribution in [0.15, 0.2) is 17.7 Å². The molecule has 1 aromatic carbocycles. The molecule has 0 aliphatic rings. The molecule has 1 rings (SSSR count). The Morgan fingerprint density at radius 3 is 2.70 bits per heavy atom. The molecule has 0 radical (unpaired) electrons. The van der Waals surface area contributed by atoms with Gasteiger partial charge in [0.05, 0.1) is 16.8 Å². The van der Waals surface area contributed by atoms with Crippen molar-refractivity contribution in [2.75, 3.05) is 13.2 Å². The molecule has 5 nitrogen and oxygen atoms in total. The number of aromatic hydroxyl groups is 1. The zero-order valence-electron chi connectivity index (χ0n) is 11.1.